The standard InChI is InChI=1S/C27H30ClN3O4S/c1-20-6-4-9-26(21(20)2)29-14-16-30(17-15-29)27(32)19-31(23-8-5-7-22(28)18-23)36(33,34)25-12-10-24(35-3)11-13-25/h4-13,18H,14-17,19H2,1-3H3. The number of amides is 1. The van der Waals surface area contributed by atoms with Crippen LogP contribution in [0.25, 0.3) is 0 Å². The lowest BCUT2D eigenvalue weighted by atomic mass is 10.1. The van der Waals surface area contributed by atoms with Gasteiger partial charge >= 0.3 is 0 Å². The van der Waals surface area contributed by atoms with Gasteiger partial charge in [0.05, 0.1) is 17.7 Å². The summed E-state index contributed by atoms with van der Waals surface area (Å²) in [5, 5.41) is 0.386. The molecule has 7 nitrogen and oxygen atoms in total. The lowest BCUT2D eigenvalue weighted by molar-refractivity contribution is -0.129. The smallest absolute Gasteiger partial charge is 0.264 e. The summed E-state index contributed by atoms with van der Waals surface area (Å²) >= 11 is 6.17. The molecule has 0 aliphatic carbocycles. The van der Waals surface area contributed by atoms with E-state index in [1.165, 1.54) is 36.1 Å². The highest BCUT2D eigenvalue weighted by atomic mass is 35.5. The van der Waals surface area contributed by atoms with E-state index in [0.29, 0.717) is 42.6 Å². The Morgan fingerprint density at radius 3 is 2.28 bits per heavy atom. The van der Waals surface area contributed by atoms with Crippen LogP contribution in [0, 0.1) is 13.8 Å². The molecule has 190 valence electrons. The van der Waals surface area contributed by atoms with Gasteiger partial charge in [0.1, 0.15) is 12.3 Å². The zero-order valence-electron chi connectivity index (χ0n) is 20.6. The predicted molar refractivity (Wildman–Crippen MR) is 144 cm³/mol. The van der Waals surface area contributed by atoms with Crippen molar-refractivity contribution in [1.29, 1.82) is 0 Å². The van der Waals surface area contributed by atoms with Crippen LogP contribution in [0.4, 0.5) is 11.4 Å². The minimum atomic E-state index is -4.03. The Kier molecular flexibility index (Phi) is 7.76. The van der Waals surface area contributed by atoms with Crippen molar-refractivity contribution >= 4 is 38.9 Å². The van der Waals surface area contributed by atoms with E-state index in [0.717, 1.165) is 4.31 Å². The van der Waals surface area contributed by atoms with Crippen LogP contribution < -0.4 is 13.9 Å². The van der Waals surface area contributed by atoms with E-state index in [1.54, 1.807) is 41.3 Å². The van der Waals surface area contributed by atoms with Crippen LogP contribution >= 0.6 is 11.6 Å². The van der Waals surface area contributed by atoms with Crippen molar-refractivity contribution in [1.82, 2.24) is 4.90 Å². The summed E-state index contributed by atoms with van der Waals surface area (Å²) in [4.78, 5) is 17.4. The topological polar surface area (TPSA) is 70.2 Å². The first-order valence-corrected chi connectivity index (χ1v) is 13.5. The summed E-state index contributed by atoms with van der Waals surface area (Å²) in [5.41, 5.74) is 3.97. The number of hydrogen-bond donors (Lipinski definition) is 0. The van der Waals surface area contributed by atoms with Crippen molar-refractivity contribution in [3.63, 3.8) is 0 Å². The fraction of sp³-hybridized carbons (Fsp3) is 0.296. The minimum absolute atomic E-state index is 0.0656. The molecule has 0 radical (unpaired) electrons. The highest BCUT2D eigenvalue weighted by molar-refractivity contribution is 7.92. The number of sulfonamides is 1. The molecule has 1 saturated heterocycles. The van der Waals surface area contributed by atoms with Gasteiger partial charge in [-0.25, -0.2) is 8.42 Å². The highest BCUT2D eigenvalue weighted by Gasteiger charge is 2.30. The molecule has 1 aliphatic heterocycles. The molecule has 1 aliphatic rings. The molecule has 3 aromatic carbocycles. The van der Waals surface area contributed by atoms with Crippen LogP contribution in [-0.2, 0) is 14.8 Å². The third-order valence-corrected chi connectivity index (χ3v) is 8.59. The lowest BCUT2D eigenvalue weighted by Crippen LogP contribution is -2.52. The number of piperazine rings is 1. The van der Waals surface area contributed by atoms with Crippen LogP contribution in [0.5, 0.6) is 5.75 Å². The summed E-state index contributed by atoms with van der Waals surface area (Å²) in [5.74, 6) is 0.286. The van der Waals surface area contributed by atoms with Gasteiger partial charge in [0, 0.05) is 36.9 Å². The van der Waals surface area contributed by atoms with Crippen LogP contribution in [0.1, 0.15) is 11.1 Å². The van der Waals surface area contributed by atoms with Crippen molar-refractivity contribution < 1.29 is 17.9 Å². The van der Waals surface area contributed by atoms with Gasteiger partial charge in [-0.15, -0.1) is 0 Å². The summed E-state index contributed by atoms with van der Waals surface area (Å²) in [6.07, 6.45) is 0. The molecule has 4 rings (SSSR count). The maximum Gasteiger partial charge on any atom is 0.264 e. The summed E-state index contributed by atoms with van der Waals surface area (Å²) in [7, 11) is -2.52. The molecule has 0 spiro atoms. The fourth-order valence-electron chi connectivity index (χ4n) is 4.32. The van der Waals surface area contributed by atoms with Crippen LogP contribution in [0.15, 0.2) is 71.6 Å². The van der Waals surface area contributed by atoms with Crippen LogP contribution in [0.3, 0.4) is 0 Å². The molecule has 0 unspecified atom stereocenters. The van der Waals surface area contributed by atoms with Gasteiger partial charge in [-0.1, -0.05) is 29.8 Å². The van der Waals surface area contributed by atoms with Gasteiger partial charge < -0.3 is 14.5 Å². The number of benzene rings is 3. The number of carbonyl (C=O) groups excluding carboxylic acids is 1. The fourth-order valence-corrected chi connectivity index (χ4v) is 5.91. The van der Waals surface area contributed by atoms with Crippen molar-refractivity contribution in [3.05, 3.63) is 82.9 Å². The van der Waals surface area contributed by atoms with Crippen LogP contribution in [0.2, 0.25) is 5.02 Å². The molecule has 1 heterocycles. The molecule has 0 N–H and O–H groups in total. The number of nitrogens with zero attached hydrogens (tertiary/aromatic N) is 3. The van der Waals surface area contributed by atoms with Gasteiger partial charge in [-0.2, -0.15) is 0 Å². The van der Waals surface area contributed by atoms with E-state index in [4.69, 9.17) is 16.3 Å². The van der Waals surface area contributed by atoms with Crippen molar-refractivity contribution in [2.45, 2.75) is 18.7 Å². The average Bonchev–Trinajstić information content (AvgIpc) is 2.88. The van der Waals surface area contributed by atoms with E-state index in [2.05, 4.69) is 30.9 Å². The predicted octanol–water partition coefficient (Wildman–Crippen LogP) is 4.51. The Labute approximate surface area is 217 Å². The van der Waals surface area contributed by atoms with Gasteiger partial charge in [-0.3, -0.25) is 9.10 Å². The number of halogens is 1. The van der Waals surface area contributed by atoms with Gasteiger partial charge in [0.2, 0.25) is 5.91 Å². The molecule has 36 heavy (non-hydrogen) atoms. The number of anilines is 2. The number of methoxy groups -OCH3 is 1. The monoisotopic (exact) mass is 527 g/mol. The lowest BCUT2D eigenvalue weighted by Gasteiger charge is -2.38. The second-order valence-corrected chi connectivity index (χ2v) is 11.1. The molecule has 1 fully saturated rings. The first-order valence-electron chi connectivity index (χ1n) is 11.7. The summed E-state index contributed by atoms with van der Waals surface area (Å²) < 4.78 is 33.5. The molecule has 0 bridgehead atoms. The van der Waals surface area contributed by atoms with E-state index in [1.807, 2.05) is 6.07 Å². The SMILES string of the molecule is COc1ccc(S(=O)(=O)N(CC(=O)N2CCN(c3cccc(C)c3C)CC2)c2cccc(Cl)c2)cc1. The summed E-state index contributed by atoms with van der Waals surface area (Å²) in [6, 6.07) is 18.9. The van der Waals surface area contributed by atoms with E-state index in [-0.39, 0.29) is 17.3 Å². The van der Waals surface area contributed by atoms with Crippen molar-refractivity contribution in [3.8, 4) is 5.75 Å². The highest BCUT2D eigenvalue weighted by Crippen LogP contribution is 2.28. The number of hydrogen-bond acceptors (Lipinski definition) is 5. The zero-order valence-corrected chi connectivity index (χ0v) is 22.2. The molecule has 3 aromatic rings. The molecule has 0 atom stereocenters. The molecular formula is C27H30ClN3O4S. The third kappa shape index (κ3) is 5.44. The minimum Gasteiger partial charge on any atom is -0.497 e. The molecule has 9 heteroatoms. The number of carbonyl (C=O) groups is 1. The largest absolute Gasteiger partial charge is 0.497 e. The number of aryl methyl sites for hydroxylation is 1. The average molecular weight is 528 g/mol. The van der Waals surface area contributed by atoms with E-state index >= 15 is 0 Å². The van der Waals surface area contributed by atoms with Crippen LogP contribution in [-0.4, -0.2) is 59.1 Å². The second-order valence-electron chi connectivity index (χ2n) is 8.75. The third-order valence-electron chi connectivity index (χ3n) is 6.57. The van der Waals surface area contributed by atoms with Crippen molar-refractivity contribution in [2.75, 3.05) is 49.0 Å². The Balaban J connectivity index is 1.54. The first-order chi connectivity index (χ1) is 17.2. The Hall–Kier alpha value is -3.23. The second kappa shape index (κ2) is 10.8. The van der Waals surface area contributed by atoms with E-state index in [9.17, 15) is 13.2 Å². The Morgan fingerprint density at radius 1 is 0.972 bits per heavy atom. The van der Waals surface area contributed by atoms with Gasteiger partial charge in [0.25, 0.3) is 10.0 Å². The summed E-state index contributed by atoms with van der Waals surface area (Å²) in [6.45, 7) is 6.26. The number of ether oxygens (including phenoxy) is 1. The molecular weight excluding hydrogens is 498 g/mol. The van der Waals surface area contributed by atoms with Gasteiger partial charge in [0.15, 0.2) is 0 Å². The Morgan fingerprint density at radius 2 is 1.64 bits per heavy atom. The normalized spacial score (nSPS) is 14.0. The zero-order chi connectivity index (χ0) is 25.9. The maximum absolute atomic E-state index is 13.6. The maximum atomic E-state index is 13.6. The number of rotatable bonds is 7. The Bertz CT molecular complexity index is 1340. The first kappa shape index (κ1) is 25.9. The van der Waals surface area contributed by atoms with Crippen molar-refractivity contribution in [2.24, 2.45) is 0 Å². The van der Waals surface area contributed by atoms with E-state index < -0.39 is 10.0 Å². The molecule has 0 aromatic heterocycles. The van der Waals surface area contributed by atoms with Gasteiger partial charge in [-0.05, 0) is 73.5 Å². The molecule has 0 saturated carbocycles. The quantitative estimate of drug-likeness (QED) is 0.452. The molecule has 1 amide bonds.